The molecule has 3 heterocycles. The third-order valence-electron chi connectivity index (χ3n) is 6.52. The van der Waals surface area contributed by atoms with E-state index < -0.39 is 23.8 Å². The van der Waals surface area contributed by atoms with E-state index in [4.69, 9.17) is 0 Å². The summed E-state index contributed by atoms with van der Waals surface area (Å²) in [5, 5.41) is 3.19. The Hall–Kier alpha value is -2.88. The minimum Gasteiger partial charge on any atom is -0.363 e. The standard InChI is InChI=1S/C23H29F3N6O/c1-13(16-6-5-7-17(19(16)24)20(25)26)27-21-18-12-32(15-8-10-30(3)11-9-15)23(33)31(4)22(18)29-14(2)28-21/h5-7,13,15,20H,8-12H2,1-4H3,(H,27,28,29)/t13-/m1/s1. The molecule has 2 aliphatic rings. The molecule has 2 amide bonds. The van der Waals surface area contributed by atoms with E-state index in [0.29, 0.717) is 24.0 Å². The lowest BCUT2D eigenvalue weighted by Crippen LogP contribution is -2.53. The first-order valence-electron chi connectivity index (χ1n) is 11.1. The second-order valence-corrected chi connectivity index (χ2v) is 8.84. The number of piperidine rings is 1. The fourth-order valence-corrected chi connectivity index (χ4v) is 4.59. The number of fused-ring (bicyclic) bond motifs is 1. The van der Waals surface area contributed by atoms with Gasteiger partial charge in [0.15, 0.2) is 0 Å². The Bertz CT molecular complexity index is 1040. The molecule has 0 radical (unpaired) electrons. The highest BCUT2D eigenvalue weighted by Crippen LogP contribution is 2.35. The van der Waals surface area contributed by atoms with Crippen molar-refractivity contribution in [3.8, 4) is 0 Å². The van der Waals surface area contributed by atoms with Crippen LogP contribution in [0.15, 0.2) is 18.2 Å². The van der Waals surface area contributed by atoms with Crippen molar-refractivity contribution in [1.29, 1.82) is 0 Å². The number of aromatic nitrogens is 2. The average molecular weight is 463 g/mol. The number of aryl methyl sites for hydroxylation is 1. The Labute approximate surface area is 191 Å². The fraction of sp³-hybridized carbons (Fsp3) is 0.522. The predicted octanol–water partition coefficient (Wildman–Crippen LogP) is 4.50. The smallest absolute Gasteiger partial charge is 0.325 e. The lowest BCUT2D eigenvalue weighted by Gasteiger charge is -2.42. The van der Waals surface area contributed by atoms with E-state index >= 15 is 0 Å². The van der Waals surface area contributed by atoms with Crippen molar-refractivity contribution in [3.05, 3.63) is 46.5 Å². The number of carbonyl (C=O) groups excluding carboxylic acids is 1. The molecule has 178 valence electrons. The Balaban J connectivity index is 1.66. The summed E-state index contributed by atoms with van der Waals surface area (Å²) < 4.78 is 41.1. The number of benzene rings is 1. The van der Waals surface area contributed by atoms with Crippen LogP contribution in [0, 0.1) is 12.7 Å². The molecular weight excluding hydrogens is 433 g/mol. The van der Waals surface area contributed by atoms with Crippen LogP contribution in [0.1, 0.15) is 54.7 Å². The van der Waals surface area contributed by atoms with Gasteiger partial charge < -0.3 is 15.1 Å². The van der Waals surface area contributed by atoms with Crippen LogP contribution in [0.4, 0.5) is 29.6 Å². The molecule has 1 aromatic heterocycles. The molecule has 1 saturated heterocycles. The molecule has 1 fully saturated rings. The molecular formula is C23H29F3N6O. The molecule has 1 N–H and O–H groups in total. The highest BCUT2D eigenvalue weighted by molar-refractivity contribution is 5.94. The van der Waals surface area contributed by atoms with E-state index in [-0.39, 0.29) is 17.6 Å². The quantitative estimate of drug-likeness (QED) is 0.709. The maximum absolute atomic E-state index is 14.7. The second kappa shape index (κ2) is 9.17. The summed E-state index contributed by atoms with van der Waals surface area (Å²) in [7, 11) is 3.76. The van der Waals surface area contributed by atoms with Gasteiger partial charge in [-0.25, -0.2) is 27.9 Å². The van der Waals surface area contributed by atoms with Crippen molar-refractivity contribution in [3.63, 3.8) is 0 Å². The summed E-state index contributed by atoms with van der Waals surface area (Å²) in [6.45, 7) is 5.58. The third kappa shape index (κ3) is 4.48. The predicted molar refractivity (Wildman–Crippen MR) is 120 cm³/mol. The van der Waals surface area contributed by atoms with Crippen molar-refractivity contribution in [1.82, 2.24) is 19.8 Å². The van der Waals surface area contributed by atoms with Gasteiger partial charge in [0.25, 0.3) is 6.43 Å². The second-order valence-electron chi connectivity index (χ2n) is 8.84. The van der Waals surface area contributed by atoms with Gasteiger partial charge >= 0.3 is 6.03 Å². The summed E-state index contributed by atoms with van der Waals surface area (Å²) in [4.78, 5) is 27.7. The van der Waals surface area contributed by atoms with Crippen LogP contribution in [0.5, 0.6) is 0 Å². The van der Waals surface area contributed by atoms with Gasteiger partial charge in [-0.05, 0) is 46.8 Å². The molecule has 0 bridgehead atoms. The van der Waals surface area contributed by atoms with Crippen molar-refractivity contribution in [2.45, 2.75) is 51.7 Å². The molecule has 7 nitrogen and oxygen atoms in total. The topological polar surface area (TPSA) is 64.6 Å². The van der Waals surface area contributed by atoms with Crippen molar-refractivity contribution < 1.29 is 18.0 Å². The van der Waals surface area contributed by atoms with Gasteiger partial charge in [0.1, 0.15) is 23.3 Å². The number of nitrogens with zero attached hydrogens (tertiary/aromatic N) is 5. The summed E-state index contributed by atoms with van der Waals surface area (Å²) in [6, 6.07) is 3.38. The molecule has 0 saturated carbocycles. The summed E-state index contributed by atoms with van der Waals surface area (Å²) in [6.07, 6.45) is -1.14. The summed E-state index contributed by atoms with van der Waals surface area (Å²) >= 11 is 0. The van der Waals surface area contributed by atoms with E-state index in [2.05, 4.69) is 27.2 Å². The number of rotatable bonds is 5. The molecule has 33 heavy (non-hydrogen) atoms. The molecule has 0 unspecified atom stereocenters. The summed E-state index contributed by atoms with van der Waals surface area (Å²) in [5.41, 5.74) is 0.241. The zero-order valence-corrected chi connectivity index (χ0v) is 19.3. The number of amides is 2. The molecule has 2 aliphatic heterocycles. The van der Waals surface area contributed by atoms with Crippen molar-refractivity contribution in [2.75, 3.05) is 37.4 Å². The van der Waals surface area contributed by atoms with Crippen molar-refractivity contribution >= 4 is 17.7 Å². The molecule has 4 rings (SSSR count). The Morgan fingerprint density at radius 2 is 1.79 bits per heavy atom. The highest BCUT2D eigenvalue weighted by atomic mass is 19.3. The van der Waals surface area contributed by atoms with Crippen LogP contribution < -0.4 is 10.2 Å². The normalized spacial score (nSPS) is 18.6. The summed E-state index contributed by atoms with van der Waals surface area (Å²) in [5.74, 6) is 0.516. The number of carbonyl (C=O) groups is 1. The van der Waals surface area contributed by atoms with Crippen LogP contribution in [0.25, 0.3) is 0 Å². The zero-order valence-electron chi connectivity index (χ0n) is 19.3. The number of likely N-dealkylation sites (tertiary alicyclic amines) is 1. The van der Waals surface area contributed by atoms with Crippen LogP contribution in [0.2, 0.25) is 0 Å². The molecule has 2 aromatic rings. The number of halogens is 3. The van der Waals surface area contributed by atoms with Gasteiger partial charge in [0.05, 0.1) is 23.7 Å². The molecule has 1 aromatic carbocycles. The number of hydrogen-bond donors (Lipinski definition) is 1. The fourth-order valence-electron chi connectivity index (χ4n) is 4.59. The number of urea groups is 1. The van der Waals surface area contributed by atoms with E-state index in [9.17, 15) is 18.0 Å². The van der Waals surface area contributed by atoms with Crippen LogP contribution in [-0.4, -0.2) is 59.0 Å². The molecule has 0 spiro atoms. The SMILES string of the molecule is Cc1nc(N[C@H](C)c2cccc(C(F)F)c2F)c2c(n1)N(C)C(=O)N(C1CCN(C)CC1)C2. The van der Waals surface area contributed by atoms with E-state index in [1.165, 1.54) is 17.0 Å². The minimum absolute atomic E-state index is 0.107. The monoisotopic (exact) mass is 462 g/mol. The first-order valence-corrected chi connectivity index (χ1v) is 11.1. The van der Waals surface area contributed by atoms with E-state index in [1.54, 1.807) is 20.9 Å². The van der Waals surface area contributed by atoms with Gasteiger partial charge in [-0.3, -0.25) is 4.90 Å². The zero-order chi connectivity index (χ0) is 23.9. The van der Waals surface area contributed by atoms with E-state index in [1.807, 2.05) is 4.90 Å². The number of anilines is 2. The van der Waals surface area contributed by atoms with Crippen LogP contribution in [-0.2, 0) is 6.54 Å². The van der Waals surface area contributed by atoms with Gasteiger partial charge in [-0.15, -0.1) is 0 Å². The molecule has 1 atom stereocenters. The van der Waals surface area contributed by atoms with Gasteiger partial charge in [0.2, 0.25) is 0 Å². The van der Waals surface area contributed by atoms with E-state index in [0.717, 1.165) is 37.6 Å². The number of hydrogen-bond acceptors (Lipinski definition) is 5. The number of nitrogens with one attached hydrogen (secondary N) is 1. The largest absolute Gasteiger partial charge is 0.363 e. The van der Waals surface area contributed by atoms with Crippen LogP contribution in [0.3, 0.4) is 0 Å². The third-order valence-corrected chi connectivity index (χ3v) is 6.52. The highest BCUT2D eigenvalue weighted by Gasteiger charge is 2.37. The average Bonchev–Trinajstić information content (AvgIpc) is 2.77. The van der Waals surface area contributed by atoms with Crippen molar-refractivity contribution in [2.24, 2.45) is 0 Å². The minimum atomic E-state index is -2.89. The van der Waals surface area contributed by atoms with Gasteiger partial charge in [-0.2, -0.15) is 0 Å². The Morgan fingerprint density at radius 1 is 1.12 bits per heavy atom. The first-order chi connectivity index (χ1) is 15.7. The van der Waals surface area contributed by atoms with Gasteiger partial charge in [0, 0.05) is 18.7 Å². The Kier molecular flexibility index (Phi) is 6.47. The maximum atomic E-state index is 14.7. The Morgan fingerprint density at radius 3 is 2.45 bits per heavy atom. The molecule has 10 heteroatoms. The lowest BCUT2D eigenvalue weighted by molar-refractivity contribution is 0.129. The maximum Gasteiger partial charge on any atom is 0.325 e. The number of alkyl halides is 2. The lowest BCUT2D eigenvalue weighted by atomic mass is 10.0. The van der Waals surface area contributed by atoms with Crippen LogP contribution >= 0.6 is 0 Å². The first kappa shape index (κ1) is 23.3. The molecule has 0 aliphatic carbocycles. The van der Waals surface area contributed by atoms with Gasteiger partial charge in [-0.1, -0.05) is 18.2 Å².